The zero-order valence-corrected chi connectivity index (χ0v) is 10.5. The van der Waals surface area contributed by atoms with Crippen molar-refractivity contribution < 1.29 is 14.3 Å². The maximum Gasteiger partial charge on any atom is 0.335 e. The Hall–Kier alpha value is -2.49. The highest BCUT2D eigenvalue weighted by Gasteiger charge is 2.08. The van der Waals surface area contributed by atoms with E-state index < -0.39 is 5.97 Å². The first-order valence-corrected chi connectivity index (χ1v) is 6.01. The van der Waals surface area contributed by atoms with Gasteiger partial charge in [-0.15, -0.1) is 0 Å². The van der Waals surface area contributed by atoms with Crippen LogP contribution in [0.3, 0.4) is 0 Å². The third-order valence-electron chi connectivity index (χ3n) is 3.14. The molecule has 2 heterocycles. The molecule has 1 aromatic carbocycles. The van der Waals surface area contributed by atoms with Gasteiger partial charge < -0.3 is 14.1 Å². The van der Waals surface area contributed by atoms with Crippen molar-refractivity contribution in [3.8, 4) is 0 Å². The largest absolute Gasteiger partial charge is 0.478 e. The van der Waals surface area contributed by atoms with Crippen LogP contribution in [0.4, 0.5) is 0 Å². The number of carboxylic acids is 1. The molecule has 0 atom stereocenters. The highest BCUT2D eigenvalue weighted by Crippen LogP contribution is 2.19. The number of benzene rings is 1. The van der Waals surface area contributed by atoms with Crippen molar-refractivity contribution in [3.63, 3.8) is 0 Å². The summed E-state index contributed by atoms with van der Waals surface area (Å²) in [5, 5.41) is 10.1. The molecule has 3 rings (SSSR count). The highest BCUT2D eigenvalue weighted by molar-refractivity contribution is 5.93. The number of carbonyl (C=O) groups is 1. The van der Waals surface area contributed by atoms with Crippen LogP contribution in [0.15, 0.2) is 47.0 Å². The van der Waals surface area contributed by atoms with Crippen LogP contribution >= 0.6 is 0 Å². The van der Waals surface area contributed by atoms with Crippen molar-refractivity contribution >= 4 is 16.9 Å². The summed E-state index contributed by atoms with van der Waals surface area (Å²) in [5.74, 6) is 0.817. The van der Waals surface area contributed by atoms with Gasteiger partial charge in [0.05, 0.1) is 12.1 Å². The third-order valence-corrected chi connectivity index (χ3v) is 3.14. The Bertz CT molecular complexity index is 752. The minimum absolute atomic E-state index is 0.295. The first-order valence-electron chi connectivity index (χ1n) is 6.01. The molecule has 0 bridgehead atoms. The molecule has 0 unspecified atom stereocenters. The second-order valence-electron chi connectivity index (χ2n) is 4.53. The summed E-state index contributed by atoms with van der Waals surface area (Å²) in [6.45, 7) is 2.50. The molecule has 0 amide bonds. The second-order valence-corrected chi connectivity index (χ2v) is 4.53. The van der Waals surface area contributed by atoms with E-state index in [1.165, 1.54) is 0 Å². The average molecular weight is 255 g/mol. The van der Waals surface area contributed by atoms with E-state index in [9.17, 15) is 4.79 Å². The fourth-order valence-electron chi connectivity index (χ4n) is 2.19. The van der Waals surface area contributed by atoms with Crippen molar-refractivity contribution in [1.82, 2.24) is 4.57 Å². The van der Waals surface area contributed by atoms with Gasteiger partial charge >= 0.3 is 5.97 Å². The number of carboxylic acid groups (broad SMARTS) is 1. The van der Waals surface area contributed by atoms with Crippen LogP contribution < -0.4 is 0 Å². The number of hydrogen-bond donors (Lipinski definition) is 1. The summed E-state index contributed by atoms with van der Waals surface area (Å²) >= 11 is 0. The predicted octanol–water partition coefficient (Wildman–Crippen LogP) is 3.29. The van der Waals surface area contributed by atoms with E-state index in [4.69, 9.17) is 9.52 Å². The van der Waals surface area contributed by atoms with Gasteiger partial charge in [0.1, 0.15) is 11.5 Å². The number of rotatable bonds is 3. The maximum atomic E-state index is 11.0. The quantitative estimate of drug-likeness (QED) is 0.781. The molecule has 0 spiro atoms. The molecule has 0 radical (unpaired) electrons. The van der Waals surface area contributed by atoms with Gasteiger partial charge in [0, 0.05) is 11.7 Å². The minimum Gasteiger partial charge on any atom is -0.478 e. The molecule has 0 fully saturated rings. The van der Waals surface area contributed by atoms with Crippen LogP contribution in [0.2, 0.25) is 0 Å². The van der Waals surface area contributed by atoms with E-state index >= 15 is 0 Å². The zero-order chi connectivity index (χ0) is 13.4. The van der Waals surface area contributed by atoms with Gasteiger partial charge in [0.25, 0.3) is 0 Å². The number of nitrogens with zero attached hydrogens (tertiary/aromatic N) is 1. The Labute approximate surface area is 109 Å². The summed E-state index contributed by atoms with van der Waals surface area (Å²) < 4.78 is 7.53. The van der Waals surface area contributed by atoms with E-state index in [-0.39, 0.29) is 0 Å². The van der Waals surface area contributed by atoms with Crippen LogP contribution in [-0.4, -0.2) is 15.6 Å². The lowest BCUT2D eigenvalue weighted by molar-refractivity contribution is 0.0697. The summed E-state index contributed by atoms with van der Waals surface area (Å²) in [4.78, 5) is 11.0. The zero-order valence-electron chi connectivity index (χ0n) is 10.5. The van der Waals surface area contributed by atoms with Crippen molar-refractivity contribution in [3.05, 3.63) is 59.7 Å². The number of hydrogen-bond acceptors (Lipinski definition) is 2. The third kappa shape index (κ3) is 2.12. The normalized spacial score (nSPS) is 11.0. The van der Waals surface area contributed by atoms with Gasteiger partial charge in [0.2, 0.25) is 0 Å². The molecule has 0 aliphatic carbocycles. The number of aryl methyl sites for hydroxylation is 1. The molecule has 0 saturated heterocycles. The summed E-state index contributed by atoms with van der Waals surface area (Å²) in [5.41, 5.74) is 1.19. The molecule has 0 aliphatic heterocycles. The van der Waals surface area contributed by atoms with Crippen molar-refractivity contribution in [2.24, 2.45) is 0 Å². The molecule has 3 aromatic rings. The van der Waals surface area contributed by atoms with Gasteiger partial charge in [-0.1, -0.05) is 6.07 Å². The van der Waals surface area contributed by atoms with Crippen LogP contribution in [0.1, 0.15) is 21.9 Å². The predicted molar refractivity (Wildman–Crippen MR) is 71.4 cm³/mol. The summed E-state index contributed by atoms with van der Waals surface area (Å²) in [7, 11) is 0. The number of furan rings is 1. The SMILES string of the molecule is Cc1ccc(Cn2ccc3ccc(C(=O)O)cc32)o1. The molecular formula is C15H13NO3. The summed E-state index contributed by atoms with van der Waals surface area (Å²) in [6, 6.07) is 10.9. The maximum absolute atomic E-state index is 11.0. The van der Waals surface area contributed by atoms with Crippen molar-refractivity contribution in [2.75, 3.05) is 0 Å². The Kier molecular flexibility index (Phi) is 2.63. The Morgan fingerprint density at radius 1 is 1.26 bits per heavy atom. The molecule has 2 aromatic heterocycles. The van der Waals surface area contributed by atoms with Crippen LogP contribution in [0.25, 0.3) is 10.9 Å². The van der Waals surface area contributed by atoms with Gasteiger partial charge in [0.15, 0.2) is 0 Å². The monoisotopic (exact) mass is 255 g/mol. The van der Waals surface area contributed by atoms with Crippen LogP contribution in [0, 0.1) is 6.92 Å². The van der Waals surface area contributed by atoms with Gasteiger partial charge in [-0.3, -0.25) is 0 Å². The summed E-state index contributed by atoms with van der Waals surface area (Å²) in [6.07, 6.45) is 1.94. The molecule has 0 saturated carbocycles. The minimum atomic E-state index is -0.913. The Morgan fingerprint density at radius 3 is 2.79 bits per heavy atom. The molecule has 1 N–H and O–H groups in total. The van der Waals surface area contributed by atoms with Gasteiger partial charge in [-0.25, -0.2) is 4.79 Å². The molecule has 4 nitrogen and oxygen atoms in total. The second kappa shape index (κ2) is 4.31. The molecule has 19 heavy (non-hydrogen) atoms. The lowest BCUT2D eigenvalue weighted by Crippen LogP contribution is -1.99. The smallest absolute Gasteiger partial charge is 0.335 e. The molecular weight excluding hydrogens is 242 g/mol. The highest BCUT2D eigenvalue weighted by atomic mass is 16.4. The number of fused-ring (bicyclic) bond motifs is 1. The van der Waals surface area contributed by atoms with E-state index in [1.807, 2.05) is 42.0 Å². The average Bonchev–Trinajstić information content (AvgIpc) is 2.96. The van der Waals surface area contributed by atoms with Gasteiger partial charge in [-0.2, -0.15) is 0 Å². The van der Waals surface area contributed by atoms with Crippen molar-refractivity contribution in [2.45, 2.75) is 13.5 Å². The topological polar surface area (TPSA) is 55.4 Å². The first-order chi connectivity index (χ1) is 9.13. The van der Waals surface area contributed by atoms with E-state index in [0.29, 0.717) is 12.1 Å². The van der Waals surface area contributed by atoms with Crippen molar-refractivity contribution in [1.29, 1.82) is 0 Å². The Balaban J connectivity index is 2.03. The van der Waals surface area contributed by atoms with E-state index in [1.54, 1.807) is 12.1 Å². The number of aromatic carboxylic acids is 1. The van der Waals surface area contributed by atoms with E-state index in [0.717, 1.165) is 22.4 Å². The number of aromatic nitrogens is 1. The molecule has 4 heteroatoms. The standard InChI is InChI=1S/C15H13NO3/c1-10-2-5-13(19-10)9-16-7-6-11-3-4-12(15(17)18)8-14(11)16/h2-8H,9H2,1H3,(H,17,18). The van der Waals surface area contributed by atoms with E-state index in [2.05, 4.69) is 0 Å². The van der Waals surface area contributed by atoms with Crippen LogP contribution in [0.5, 0.6) is 0 Å². The van der Waals surface area contributed by atoms with Gasteiger partial charge in [-0.05, 0) is 42.6 Å². The first kappa shape index (κ1) is 11.6. The van der Waals surface area contributed by atoms with Crippen LogP contribution in [-0.2, 0) is 6.54 Å². The molecule has 96 valence electrons. The Morgan fingerprint density at radius 2 is 2.11 bits per heavy atom. The fraction of sp³-hybridized carbons (Fsp3) is 0.133. The fourth-order valence-corrected chi connectivity index (χ4v) is 2.19. The molecule has 0 aliphatic rings. The lowest BCUT2D eigenvalue weighted by atomic mass is 10.1. The lowest BCUT2D eigenvalue weighted by Gasteiger charge is -2.04.